The molecule has 0 aliphatic heterocycles. The molecule has 0 radical (unpaired) electrons. The lowest BCUT2D eigenvalue weighted by Crippen LogP contribution is -2.30. The second-order valence-electron chi connectivity index (χ2n) is 4.55. The zero-order valence-electron chi connectivity index (χ0n) is 11.4. The fraction of sp³-hybridized carbons (Fsp3) is 0.188. The van der Waals surface area contributed by atoms with E-state index in [0.29, 0.717) is 5.69 Å². The number of para-hydroxylation sites is 1. The van der Waals surface area contributed by atoms with E-state index in [9.17, 15) is 9.18 Å². The van der Waals surface area contributed by atoms with Crippen LogP contribution in [0.25, 0.3) is 0 Å². The van der Waals surface area contributed by atoms with E-state index in [0.717, 1.165) is 5.56 Å². The molecule has 0 spiro atoms. The van der Waals surface area contributed by atoms with Crippen LogP contribution in [-0.2, 0) is 4.79 Å². The highest BCUT2D eigenvalue weighted by atomic mass is 19.1. The van der Waals surface area contributed by atoms with Gasteiger partial charge in [0.15, 0.2) is 17.7 Å². The van der Waals surface area contributed by atoms with Crippen molar-refractivity contribution >= 4 is 11.6 Å². The predicted molar refractivity (Wildman–Crippen MR) is 76.3 cm³/mol. The van der Waals surface area contributed by atoms with Gasteiger partial charge in [-0.1, -0.05) is 24.3 Å². The Morgan fingerprint density at radius 2 is 1.95 bits per heavy atom. The van der Waals surface area contributed by atoms with E-state index in [1.54, 1.807) is 25.1 Å². The number of hydrogen-bond donors (Lipinski definition) is 1. The highest BCUT2D eigenvalue weighted by Gasteiger charge is 2.16. The Morgan fingerprint density at radius 1 is 1.20 bits per heavy atom. The lowest BCUT2D eigenvalue weighted by molar-refractivity contribution is -0.122. The molecule has 0 saturated heterocycles. The van der Waals surface area contributed by atoms with Crippen LogP contribution in [0, 0.1) is 12.7 Å². The number of anilines is 1. The van der Waals surface area contributed by atoms with Crippen LogP contribution in [0.4, 0.5) is 10.1 Å². The summed E-state index contributed by atoms with van der Waals surface area (Å²) in [6, 6.07) is 13.5. The Hall–Kier alpha value is -2.36. The van der Waals surface area contributed by atoms with Gasteiger partial charge in [-0.05, 0) is 43.7 Å². The Kier molecular flexibility index (Phi) is 4.35. The third-order valence-electron chi connectivity index (χ3n) is 2.80. The average Bonchev–Trinajstić information content (AvgIpc) is 2.41. The summed E-state index contributed by atoms with van der Waals surface area (Å²) in [5, 5.41) is 2.74. The predicted octanol–water partition coefficient (Wildman–Crippen LogP) is 3.54. The van der Waals surface area contributed by atoms with Crippen molar-refractivity contribution in [3.8, 4) is 5.75 Å². The molecule has 0 bridgehead atoms. The quantitative estimate of drug-likeness (QED) is 0.925. The fourth-order valence-corrected chi connectivity index (χ4v) is 1.75. The van der Waals surface area contributed by atoms with Crippen LogP contribution in [0.2, 0.25) is 0 Å². The first kappa shape index (κ1) is 14.1. The summed E-state index contributed by atoms with van der Waals surface area (Å²) in [5.41, 5.74) is 1.74. The molecular formula is C16H16FNO2. The second-order valence-corrected chi connectivity index (χ2v) is 4.55. The number of carbonyl (C=O) groups is 1. The van der Waals surface area contributed by atoms with Gasteiger partial charge in [0.1, 0.15) is 0 Å². The summed E-state index contributed by atoms with van der Waals surface area (Å²) < 4.78 is 18.8. The van der Waals surface area contributed by atoms with Gasteiger partial charge in [0, 0.05) is 5.69 Å². The molecule has 1 amide bonds. The first-order valence-electron chi connectivity index (χ1n) is 6.35. The van der Waals surface area contributed by atoms with E-state index in [2.05, 4.69) is 5.32 Å². The van der Waals surface area contributed by atoms with Gasteiger partial charge >= 0.3 is 0 Å². The topological polar surface area (TPSA) is 38.3 Å². The van der Waals surface area contributed by atoms with Crippen molar-refractivity contribution < 1.29 is 13.9 Å². The van der Waals surface area contributed by atoms with Gasteiger partial charge in [-0.2, -0.15) is 0 Å². The molecule has 4 heteroatoms. The minimum Gasteiger partial charge on any atom is -0.478 e. The summed E-state index contributed by atoms with van der Waals surface area (Å²) in [4.78, 5) is 12.0. The third kappa shape index (κ3) is 3.57. The van der Waals surface area contributed by atoms with Crippen molar-refractivity contribution in [2.75, 3.05) is 5.32 Å². The van der Waals surface area contributed by atoms with Gasteiger partial charge < -0.3 is 10.1 Å². The molecule has 0 heterocycles. The Balaban J connectivity index is 2.01. The summed E-state index contributed by atoms with van der Waals surface area (Å²) in [5.74, 6) is -0.735. The van der Waals surface area contributed by atoms with Crippen molar-refractivity contribution in [2.45, 2.75) is 20.0 Å². The van der Waals surface area contributed by atoms with Crippen LogP contribution in [0.1, 0.15) is 12.5 Å². The molecule has 0 aliphatic carbocycles. The highest BCUT2D eigenvalue weighted by Crippen LogP contribution is 2.18. The maximum Gasteiger partial charge on any atom is 0.265 e. The van der Waals surface area contributed by atoms with Crippen molar-refractivity contribution in [1.29, 1.82) is 0 Å². The van der Waals surface area contributed by atoms with Gasteiger partial charge in [0.25, 0.3) is 5.91 Å². The van der Waals surface area contributed by atoms with E-state index in [1.165, 1.54) is 12.1 Å². The van der Waals surface area contributed by atoms with Crippen molar-refractivity contribution in [3.63, 3.8) is 0 Å². The largest absolute Gasteiger partial charge is 0.478 e. The number of aryl methyl sites for hydroxylation is 1. The van der Waals surface area contributed by atoms with Crippen LogP contribution in [0.5, 0.6) is 5.75 Å². The van der Waals surface area contributed by atoms with Crippen LogP contribution in [-0.4, -0.2) is 12.0 Å². The zero-order valence-corrected chi connectivity index (χ0v) is 11.4. The number of rotatable bonds is 4. The molecule has 1 N–H and O–H groups in total. The third-order valence-corrected chi connectivity index (χ3v) is 2.80. The molecular weight excluding hydrogens is 257 g/mol. The minimum atomic E-state index is -0.785. The molecule has 2 aromatic rings. The molecule has 0 saturated carbocycles. The molecule has 2 rings (SSSR count). The zero-order chi connectivity index (χ0) is 14.5. The second kappa shape index (κ2) is 6.19. The van der Waals surface area contributed by atoms with E-state index in [1.807, 2.05) is 25.1 Å². The standard InChI is InChI=1S/C16H16FNO2/c1-11-6-5-7-13(10-11)18-16(19)12(2)20-15-9-4-3-8-14(15)17/h3-10,12H,1-2H3,(H,18,19). The van der Waals surface area contributed by atoms with Crippen molar-refractivity contribution in [3.05, 3.63) is 59.9 Å². The van der Waals surface area contributed by atoms with Crippen LogP contribution >= 0.6 is 0 Å². The Morgan fingerprint density at radius 3 is 2.65 bits per heavy atom. The minimum absolute atomic E-state index is 0.0689. The number of carbonyl (C=O) groups excluding carboxylic acids is 1. The van der Waals surface area contributed by atoms with E-state index in [4.69, 9.17) is 4.74 Å². The molecule has 20 heavy (non-hydrogen) atoms. The van der Waals surface area contributed by atoms with Crippen molar-refractivity contribution in [1.82, 2.24) is 0 Å². The maximum atomic E-state index is 13.4. The first-order valence-corrected chi connectivity index (χ1v) is 6.35. The molecule has 0 aromatic heterocycles. The highest BCUT2D eigenvalue weighted by molar-refractivity contribution is 5.94. The number of ether oxygens (including phenoxy) is 1. The van der Waals surface area contributed by atoms with Gasteiger partial charge in [0.2, 0.25) is 0 Å². The van der Waals surface area contributed by atoms with Crippen molar-refractivity contribution in [2.24, 2.45) is 0 Å². The Bertz CT molecular complexity index is 613. The van der Waals surface area contributed by atoms with Gasteiger partial charge in [0.05, 0.1) is 0 Å². The summed E-state index contributed by atoms with van der Waals surface area (Å²) in [6.45, 7) is 3.52. The average molecular weight is 273 g/mol. The lowest BCUT2D eigenvalue weighted by Gasteiger charge is -2.15. The van der Waals surface area contributed by atoms with Crippen LogP contribution in [0.3, 0.4) is 0 Å². The number of hydrogen-bond acceptors (Lipinski definition) is 2. The SMILES string of the molecule is Cc1cccc(NC(=O)C(C)Oc2ccccc2F)c1. The van der Waals surface area contributed by atoms with Gasteiger partial charge in [-0.3, -0.25) is 4.79 Å². The van der Waals surface area contributed by atoms with E-state index in [-0.39, 0.29) is 11.7 Å². The monoisotopic (exact) mass is 273 g/mol. The Labute approximate surface area is 117 Å². The summed E-state index contributed by atoms with van der Waals surface area (Å²) in [6.07, 6.45) is -0.785. The number of benzene rings is 2. The number of nitrogens with one attached hydrogen (secondary N) is 1. The maximum absolute atomic E-state index is 13.4. The molecule has 2 aromatic carbocycles. The van der Waals surface area contributed by atoms with Crippen LogP contribution < -0.4 is 10.1 Å². The van der Waals surface area contributed by atoms with Gasteiger partial charge in [-0.25, -0.2) is 4.39 Å². The molecule has 0 fully saturated rings. The summed E-state index contributed by atoms with van der Waals surface area (Å²) >= 11 is 0. The molecule has 104 valence electrons. The van der Waals surface area contributed by atoms with Crippen LogP contribution in [0.15, 0.2) is 48.5 Å². The van der Waals surface area contributed by atoms with E-state index >= 15 is 0 Å². The number of amides is 1. The van der Waals surface area contributed by atoms with Gasteiger partial charge in [-0.15, -0.1) is 0 Å². The molecule has 1 unspecified atom stereocenters. The smallest absolute Gasteiger partial charge is 0.265 e. The lowest BCUT2D eigenvalue weighted by atomic mass is 10.2. The molecule has 0 aliphatic rings. The number of halogens is 1. The first-order chi connectivity index (χ1) is 9.56. The summed E-state index contributed by atoms with van der Waals surface area (Å²) in [7, 11) is 0. The van der Waals surface area contributed by atoms with E-state index < -0.39 is 11.9 Å². The molecule has 1 atom stereocenters. The normalized spacial score (nSPS) is 11.8. The fourth-order valence-electron chi connectivity index (χ4n) is 1.75. The molecule has 3 nitrogen and oxygen atoms in total.